The molecule has 1 aliphatic rings. The first-order valence-corrected chi connectivity index (χ1v) is 10.0. The van der Waals surface area contributed by atoms with Crippen LogP contribution >= 0.6 is 0 Å². The number of hydrogen-bond donors (Lipinski definition) is 7. The molecule has 1 aromatic heterocycles. The summed E-state index contributed by atoms with van der Waals surface area (Å²) in [5, 5.41) is 69.2. The van der Waals surface area contributed by atoms with Crippen LogP contribution in [0, 0.1) is 0 Å². The third-order valence-electron chi connectivity index (χ3n) is 5.44. The van der Waals surface area contributed by atoms with Crippen molar-refractivity contribution in [2.24, 2.45) is 0 Å². The number of methoxy groups -OCH3 is 1. The molecular weight excluding hydrogens is 456 g/mol. The smallest absolute Gasteiger partial charge is 0.239 e. The van der Waals surface area contributed by atoms with Crippen molar-refractivity contribution in [1.82, 2.24) is 0 Å². The Labute approximate surface area is 191 Å². The van der Waals surface area contributed by atoms with Gasteiger partial charge in [0.15, 0.2) is 17.3 Å². The molecule has 1 saturated heterocycles. The van der Waals surface area contributed by atoms with Crippen LogP contribution < -0.4 is 14.9 Å². The van der Waals surface area contributed by atoms with Crippen LogP contribution in [0.1, 0.15) is 0 Å². The number of phenolic OH excluding ortho intramolecular Hbond substituents is 3. The van der Waals surface area contributed by atoms with Crippen molar-refractivity contribution >= 4 is 11.0 Å². The van der Waals surface area contributed by atoms with E-state index in [1.165, 1.54) is 25.3 Å². The average Bonchev–Trinajstić information content (AvgIpc) is 2.80. The zero-order chi connectivity index (χ0) is 24.7. The minimum absolute atomic E-state index is 0.122. The lowest BCUT2D eigenvalue weighted by molar-refractivity contribution is -0.277. The molecule has 7 N–H and O–H groups in total. The number of aliphatic hydroxyl groups excluding tert-OH is 4. The van der Waals surface area contributed by atoms with Gasteiger partial charge in [0.2, 0.25) is 17.5 Å². The maximum atomic E-state index is 12.9. The van der Waals surface area contributed by atoms with E-state index >= 15 is 0 Å². The maximum absolute atomic E-state index is 12.9. The second-order valence-electron chi connectivity index (χ2n) is 7.63. The fraction of sp³-hybridized carbons (Fsp3) is 0.318. The van der Waals surface area contributed by atoms with Crippen molar-refractivity contribution in [3.8, 4) is 40.1 Å². The number of phenols is 3. The van der Waals surface area contributed by atoms with Gasteiger partial charge in [0, 0.05) is 17.7 Å². The van der Waals surface area contributed by atoms with Gasteiger partial charge in [0.1, 0.15) is 46.9 Å². The normalized spacial score (nSPS) is 24.8. The first kappa shape index (κ1) is 23.6. The molecule has 3 aromatic rings. The summed E-state index contributed by atoms with van der Waals surface area (Å²) in [4.78, 5) is 12.9. The number of ether oxygens (including phenoxy) is 3. The summed E-state index contributed by atoms with van der Waals surface area (Å²) in [6.07, 6.45) is -7.81. The molecule has 4 rings (SSSR count). The first-order valence-electron chi connectivity index (χ1n) is 10.0. The lowest BCUT2D eigenvalue weighted by Crippen LogP contribution is -2.60. The van der Waals surface area contributed by atoms with Gasteiger partial charge in [0.25, 0.3) is 0 Å². The standard InChI is InChI=1S/C22H22O12/c1-31-21-17(28)15-11(26)5-9(24)6-13(15)32-20(21)8-2-3-10(25)12(4-8)33-22-19(30)18(29)16(27)14(7-23)34-22/h2-6,14,16,18-19,22-27,29-30H,7H2,1H3/t14-,16-,18+,19-,22+/m1/s1. The quantitative estimate of drug-likeness (QED) is 0.254. The van der Waals surface area contributed by atoms with Gasteiger partial charge in [-0.1, -0.05) is 0 Å². The van der Waals surface area contributed by atoms with Crippen LogP contribution in [-0.2, 0) is 4.74 Å². The minimum atomic E-state index is -1.72. The van der Waals surface area contributed by atoms with Gasteiger partial charge in [-0.25, -0.2) is 0 Å². The third-order valence-corrected chi connectivity index (χ3v) is 5.44. The van der Waals surface area contributed by atoms with E-state index in [0.717, 1.165) is 12.1 Å². The van der Waals surface area contributed by atoms with E-state index in [0.29, 0.717) is 0 Å². The highest BCUT2D eigenvalue weighted by atomic mass is 16.7. The van der Waals surface area contributed by atoms with Crippen molar-refractivity contribution in [2.45, 2.75) is 30.7 Å². The van der Waals surface area contributed by atoms with Crippen LogP contribution in [-0.4, -0.2) is 80.2 Å². The summed E-state index contributed by atoms with van der Waals surface area (Å²) in [6, 6.07) is 5.89. The molecule has 2 aromatic carbocycles. The molecule has 12 nitrogen and oxygen atoms in total. The number of aliphatic hydroxyl groups is 4. The van der Waals surface area contributed by atoms with E-state index in [9.17, 15) is 40.5 Å². The van der Waals surface area contributed by atoms with Crippen LogP contribution in [0.2, 0.25) is 0 Å². The zero-order valence-electron chi connectivity index (χ0n) is 17.7. The summed E-state index contributed by atoms with van der Waals surface area (Å²) in [6.45, 7) is -0.671. The maximum Gasteiger partial charge on any atom is 0.239 e. The Morgan fingerprint density at radius 2 is 1.71 bits per heavy atom. The van der Waals surface area contributed by atoms with E-state index in [-0.39, 0.29) is 39.5 Å². The molecule has 182 valence electrons. The monoisotopic (exact) mass is 478 g/mol. The molecule has 1 fully saturated rings. The largest absolute Gasteiger partial charge is 0.508 e. The molecular formula is C22H22O12. The fourth-order valence-corrected chi connectivity index (χ4v) is 3.68. The van der Waals surface area contributed by atoms with Crippen LogP contribution in [0.3, 0.4) is 0 Å². The van der Waals surface area contributed by atoms with Gasteiger partial charge >= 0.3 is 0 Å². The van der Waals surface area contributed by atoms with E-state index in [4.69, 9.17) is 18.6 Å². The Morgan fingerprint density at radius 3 is 2.38 bits per heavy atom. The Hall–Kier alpha value is -3.55. The molecule has 1 aliphatic heterocycles. The van der Waals surface area contributed by atoms with Gasteiger partial charge < -0.3 is 54.4 Å². The molecule has 0 saturated carbocycles. The van der Waals surface area contributed by atoms with Crippen molar-refractivity contribution in [2.75, 3.05) is 13.7 Å². The average molecular weight is 478 g/mol. The Kier molecular flexibility index (Phi) is 6.25. The van der Waals surface area contributed by atoms with E-state index in [1.54, 1.807) is 0 Å². The van der Waals surface area contributed by atoms with Gasteiger partial charge in [-0.2, -0.15) is 0 Å². The molecule has 2 heterocycles. The van der Waals surface area contributed by atoms with Gasteiger partial charge in [-0.15, -0.1) is 0 Å². The van der Waals surface area contributed by atoms with Crippen LogP contribution in [0.4, 0.5) is 0 Å². The summed E-state index contributed by atoms with van der Waals surface area (Å²) in [7, 11) is 1.21. The number of rotatable bonds is 5. The number of aromatic hydroxyl groups is 3. The predicted molar refractivity (Wildman–Crippen MR) is 114 cm³/mol. The molecule has 0 unspecified atom stereocenters. The summed E-state index contributed by atoms with van der Waals surface area (Å²) >= 11 is 0. The highest BCUT2D eigenvalue weighted by Crippen LogP contribution is 2.39. The molecule has 0 spiro atoms. The zero-order valence-corrected chi connectivity index (χ0v) is 17.7. The minimum Gasteiger partial charge on any atom is -0.508 e. The second kappa shape index (κ2) is 9.00. The molecule has 34 heavy (non-hydrogen) atoms. The lowest BCUT2D eigenvalue weighted by Gasteiger charge is -2.39. The van der Waals surface area contributed by atoms with Crippen molar-refractivity contribution in [3.05, 3.63) is 40.6 Å². The summed E-state index contributed by atoms with van der Waals surface area (Å²) in [5.41, 5.74) is -0.695. The van der Waals surface area contributed by atoms with Crippen LogP contribution in [0.15, 0.2) is 39.5 Å². The van der Waals surface area contributed by atoms with Crippen LogP contribution in [0.25, 0.3) is 22.3 Å². The molecule has 0 aliphatic carbocycles. The SMILES string of the molecule is COc1c(-c2ccc(O)c(O[C@H]3O[C@H](CO)[C@@H](O)[C@H](O)[C@H]3O)c2)oc2cc(O)cc(O)c2c1=O. The highest BCUT2D eigenvalue weighted by molar-refractivity contribution is 5.88. The number of fused-ring (bicyclic) bond motifs is 1. The van der Waals surface area contributed by atoms with Gasteiger partial charge in [-0.3, -0.25) is 4.79 Å². The fourth-order valence-electron chi connectivity index (χ4n) is 3.68. The third kappa shape index (κ3) is 3.97. The second-order valence-corrected chi connectivity index (χ2v) is 7.63. The molecule has 5 atom stereocenters. The van der Waals surface area contributed by atoms with Crippen LogP contribution in [0.5, 0.6) is 28.7 Å². The topological polar surface area (TPSA) is 200 Å². The van der Waals surface area contributed by atoms with Crippen molar-refractivity contribution in [1.29, 1.82) is 0 Å². The molecule has 0 bridgehead atoms. The Morgan fingerprint density at radius 1 is 0.971 bits per heavy atom. The number of benzene rings is 2. The summed E-state index contributed by atoms with van der Waals surface area (Å²) in [5.74, 6) is -1.92. The lowest BCUT2D eigenvalue weighted by atomic mass is 9.99. The highest BCUT2D eigenvalue weighted by Gasteiger charge is 2.45. The Balaban J connectivity index is 1.77. The Bertz CT molecular complexity index is 1270. The van der Waals surface area contributed by atoms with E-state index < -0.39 is 54.2 Å². The molecule has 12 heteroatoms. The first-order chi connectivity index (χ1) is 16.2. The van der Waals surface area contributed by atoms with Crippen molar-refractivity contribution in [3.63, 3.8) is 0 Å². The van der Waals surface area contributed by atoms with E-state index in [2.05, 4.69) is 0 Å². The summed E-state index contributed by atoms with van der Waals surface area (Å²) < 4.78 is 21.7. The van der Waals surface area contributed by atoms with Crippen molar-refractivity contribution < 1.29 is 54.4 Å². The predicted octanol–water partition coefficient (Wildman–Crippen LogP) is -0.236. The van der Waals surface area contributed by atoms with E-state index in [1.807, 2.05) is 0 Å². The molecule has 0 radical (unpaired) electrons. The van der Waals surface area contributed by atoms with Gasteiger partial charge in [-0.05, 0) is 18.2 Å². The van der Waals surface area contributed by atoms with Gasteiger partial charge in [0.05, 0.1) is 13.7 Å². The number of hydrogen-bond acceptors (Lipinski definition) is 12. The molecule has 0 amide bonds.